The Labute approximate surface area is 102 Å². The Hall–Kier alpha value is -1.06. The largest absolute Gasteiger partial charge is 0.481 e. The second-order valence-electron chi connectivity index (χ2n) is 5.49. The van der Waals surface area contributed by atoms with E-state index in [1.54, 1.807) is 0 Å². The summed E-state index contributed by atoms with van der Waals surface area (Å²) in [6.07, 6.45) is 6.54. The summed E-state index contributed by atoms with van der Waals surface area (Å²) in [5.74, 6) is 1.56. The number of carboxylic acid groups (broad SMARTS) is 1. The standard InChI is InChI=1S/C13H21NO3/c15-12(14-5-1-2-13(16)17)8-11-7-9-3-4-10(11)6-9/h9-11H,1-8H2,(H,14,15)(H,16,17). The Morgan fingerprint density at radius 3 is 2.65 bits per heavy atom. The number of amides is 1. The monoisotopic (exact) mass is 239 g/mol. The highest BCUT2D eigenvalue weighted by molar-refractivity contribution is 5.76. The van der Waals surface area contributed by atoms with Gasteiger partial charge in [-0.05, 0) is 43.4 Å². The third kappa shape index (κ3) is 3.45. The Balaban J connectivity index is 1.59. The van der Waals surface area contributed by atoms with Gasteiger partial charge in [0.05, 0.1) is 0 Å². The first kappa shape index (κ1) is 12.4. The summed E-state index contributed by atoms with van der Waals surface area (Å²) in [6.45, 7) is 0.492. The van der Waals surface area contributed by atoms with Crippen LogP contribution in [0.5, 0.6) is 0 Å². The van der Waals surface area contributed by atoms with Crippen molar-refractivity contribution in [2.75, 3.05) is 6.54 Å². The van der Waals surface area contributed by atoms with E-state index < -0.39 is 5.97 Å². The SMILES string of the molecule is O=C(O)CCCNC(=O)CC1CC2CCC1C2. The smallest absolute Gasteiger partial charge is 0.303 e. The van der Waals surface area contributed by atoms with E-state index in [9.17, 15) is 9.59 Å². The second kappa shape index (κ2) is 5.52. The first-order chi connectivity index (χ1) is 8.15. The fourth-order valence-electron chi connectivity index (χ4n) is 3.40. The Bertz CT molecular complexity index is 303. The summed E-state index contributed by atoms with van der Waals surface area (Å²) in [5.41, 5.74) is 0. The number of fused-ring (bicyclic) bond motifs is 2. The van der Waals surface area contributed by atoms with Gasteiger partial charge in [-0.25, -0.2) is 0 Å². The average Bonchev–Trinajstić information content (AvgIpc) is 2.86. The molecule has 2 N–H and O–H groups in total. The maximum absolute atomic E-state index is 11.7. The number of nitrogens with one attached hydrogen (secondary N) is 1. The molecule has 3 atom stereocenters. The zero-order valence-electron chi connectivity index (χ0n) is 10.2. The van der Waals surface area contributed by atoms with Gasteiger partial charge in [-0.2, -0.15) is 0 Å². The van der Waals surface area contributed by atoms with Crippen LogP contribution in [0.15, 0.2) is 0 Å². The van der Waals surface area contributed by atoms with Crippen molar-refractivity contribution in [3.8, 4) is 0 Å². The van der Waals surface area contributed by atoms with Crippen LogP contribution in [0.4, 0.5) is 0 Å². The van der Waals surface area contributed by atoms with Crippen LogP contribution in [-0.2, 0) is 9.59 Å². The maximum Gasteiger partial charge on any atom is 0.303 e. The summed E-state index contributed by atoms with van der Waals surface area (Å²) < 4.78 is 0. The molecule has 0 aromatic rings. The van der Waals surface area contributed by atoms with Gasteiger partial charge < -0.3 is 10.4 Å². The van der Waals surface area contributed by atoms with Crippen molar-refractivity contribution in [3.05, 3.63) is 0 Å². The van der Waals surface area contributed by atoms with Crippen LogP contribution in [0.25, 0.3) is 0 Å². The molecule has 2 fully saturated rings. The highest BCUT2D eigenvalue weighted by Crippen LogP contribution is 2.49. The quantitative estimate of drug-likeness (QED) is 0.694. The molecule has 2 saturated carbocycles. The van der Waals surface area contributed by atoms with E-state index in [-0.39, 0.29) is 12.3 Å². The molecule has 96 valence electrons. The van der Waals surface area contributed by atoms with Gasteiger partial charge in [-0.1, -0.05) is 6.42 Å². The van der Waals surface area contributed by atoms with E-state index in [1.165, 1.54) is 25.7 Å². The van der Waals surface area contributed by atoms with Crippen LogP contribution in [0, 0.1) is 17.8 Å². The van der Waals surface area contributed by atoms with Crippen molar-refractivity contribution >= 4 is 11.9 Å². The molecule has 0 aliphatic heterocycles. The molecule has 2 bridgehead atoms. The average molecular weight is 239 g/mol. The van der Waals surface area contributed by atoms with Crippen molar-refractivity contribution in [1.29, 1.82) is 0 Å². The van der Waals surface area contributed by atoms with Crippen LogP contribution in [-0.4, -0.2) is 23.5 Å². The van der Waals surface area contributed by atoms with Gasteiger partial charge in [0.25, 0.3) is 0 Å². The number of carbonyl (C=O) groups is 2. The van der Waals surface area contributed by atoms with Crippen LogP contribution in [0.1, 0.15) is 44.9 Å². The van der Waals surface area contributed by atoms with Gasteiger partial charge in [0.15, 0.2) is 0 Å². The van der Waals surface area contributed by atoms with E-state index in [0.29, 0.717) is 25.3 Å². The molecule has 17 heavy (non-hydrogen) atoms. The number of aliphatic carboxylic acids is 1. The lowest BCUT2D eigenvalue weighted by molar-refractivity contribution is -0.137. The molecule has 4 heteroatoms. The molecule has 2 rings (SSSR count). The number of hydrogen-bond acceptors (Lipinski definition) is 2. The van der Waals surface area contributed by atoms with Gasteiger partial charge >= 0.3 is 5.97 Å². The van der Waals surface area contributed by atoms with Crippen molar-refractivity contribution in [1.82, 2.24) is 5.32 Å². The van der Waals surface area contributed by atoms with Crippen molar-refractivity contribution in [3.63, 3.8) is 0 Å². The predicted octanol–water partition coefficient (Wildman–Crippen LogP) is 1.79. The highest BCUT2D eigenvalue weighted by Gasteiger charge is 2.39. The molecule has 4 nitrogen and oxygen atoms in total. The lowest BCUT2D eigenvalue weighted by Crippen LogP contribution is -2.28. The Kier molecular flexibility index (Phi) is 4.02. The van der Waals surface area contributed by atoms with E-state index in [1.807, 2.05) is 0 Å². The van der Waals surface area contributed by atoms with Crippen LogP contribution >= 0.6 is 0 Å². The number of rotatable bonds is 6. The zero-order valence-corrected chi connectivity index (χ0v) is 10.2. The van der Waals surface area contributed by atoms with Gasteiger partial charge in [0, 0.05) is 19.4 Å². The van der Waals surface area contributed by atoms with Crippen molar-refractivity contribution < 1.29 is 14.7 Å². The fraction of sp³-hybridized carbons (Fsp3) is 0.846. The zero-order chi connectivity index (χ0) is 12.3. The minimum Gasteiger partial charge on any atom is -0.481 e. The third-order valence-corrected chi connectivity index (χ3v) is 4.22. The van der Waals surface area contributed by atoms with Gasteiger partial charge in [0.2, 0.25) is 5.91 Å². The molecule has 3 unspecified atom stereocenters. The first-order valence-electron chi connectivity index (χ1n) is 6.63. The molecule has 0 aromatic heterocycles. The van der Waals surface area contributed by atoms with Crippen LogP contribution < -0.4 is 5.32 Å². The molecule has 2 aliphatic rings. The Morgan fingerprint density at radius 1 is 1.24 bits per heavy atom. The second-order valence-corrected chi connectivity index (χ2v) is 5.49. The Morgan fingerprint density at radius 2 is 2.06 bits per heavy atom. The lowest BCUT2D eigenvalue weighted by atomic mass is 9.86. The number of carboxylic acids is 1. The topological polar surface area (TPSA) is 66.4 Å². The normalized spacial score (nSPS) is 30.5. The van der Waals surface area contributed by atoms with Crippen molar-refractivity contribution in [2.45, 2.75) is 44.9 Å². The van der Waals surface area contributed by atoms with E-state index >= 15 is 0 Å². The predicted molar refractivity (Wildman–Crippen MR) is 63.4 cm³/mol. The highest BCUT2D eigenvalue weighted by atomic mass is 16.4. The minimum atomic E-state index is -0.799. The minimum absolute atomic E-state index is 0.105. The van der Waals surface area contributed by atoms with Crippen LogP contribution in [0.3, 0.4) is 0 Å². The molecule has 0 aromatic carbocycles. The molecule has 0 saturated heterocycles. The molecule has 1 amide bonds. The molecular weight excluding hydrogens is 218 g/mol. The summed E-state index contributed by atoms with van der Waals surface area (Å²) in [5, 5.41) is 11.3. The van der Waals surface area contributed by atoms with Gasteiger partial charge in [-0.3, -0.25) is 9.59 Å². The van der Waals surface area contributed by atoms with Gasteiger partial charge in [-0.15, -0.1) is 0 Å². The van der Waals surface area contributed by atoms with Gasteiger partial charge in [0.1, 0.15) is 0 Å². The molecule has 2 aliphatic carbocycles. The summed E-state index contributed by atoms with van der Waals surface area (Å²) in [6, 6.07) is 0. The lowest BCUT2D eigenvalue weighted by Gasteiger charge is -2.20. The summed E-state index contributed by atoms with van der Waals surface area (Å²) in [4.78, 5) is 22.0. The molecular formula is C13H21NO3. The number of hydrogen-bond donors (Lipinski definition) is 2. The van der Waals surface area contributed by atoms with E-state index in [0.717, 1.165) is 11.8 Å². The molecule has 0 spiro atoms. The summed E-state index contributed by atoms with van der Waals surface area (Å²) in [7, 11) is 0. The fourth-order valence-corrected chi connectivity index (χ4v) is 3.40. The van der Waals surface area contributed by atoms with E-state index in [4.69, 9.17) is 5.11 Å². The maximum atomic E-state index is 11.7. The molecule has 0 radical (unpaired) electrons. The third-order valence-electron chi connectivity index (χ3n) is 4.22. The number of carbonyl (C=O) groups excluding carboxylic acids is 1. The molecule has 0 heterocycles. The first-order valence-corrected chi connectivity index (χ1v) is 6.63. The summed E-state index contributed by atoms with van der Waals surface area (Å²) >= 11 is 0. The van der Waals surface area contributed by atoms with Crippen LogP contribution in [0.2, 0.25) is 0 Å². The van der Waals surface area contributed by atoms with Crippen molar-refractivity contribution in [2.24, 2.45) is 17.8 Å². The van der Waals surface area contributed by atoms with E-state index in [2.05, 4.69) is 5.32 Å².